The van der Waals surface area contributed by atoms with Crippen molar-refractivity contribution in [1.82, 2.24) is 4.31 Å². The highest BCUT2D eigenvalue weighted by atomic mass is 32.2. The number of esters is 1. The van der Waals surface area contributed by atoms with Crippen LogP contribution in [0, 0.1) is 17.0 Å². The van der Waals surface area contributed by atoms with Crippen LogP contribution in [0.25, 0.3) is 0 Å². The zero-order valence-corrected chi connectivity index (χ0v) is 18.1. The van der Waals surface area contributed by atoms with Crippen LogP contribution in [0.3, 0.4) is 0 Å². The summed E-state index contributed by atoms with van der Waals surface area (Å²) in [4.78, 5) is 34.6. The molecule has 166 valence electrons. The second kappa shape index (κ2) is 9.53. The van der Waals surface area contributed by atoms with Gasteiger partial charge in [0.1, 0.15) is 0 Å². The first-order valence-electron chi connectivity index (χ1n) is 8.80. The number of nitro benzene ring substituents is 1. The first kappa shape index (κ1) is 23.8. The molecule has 0 aliphatic carbocycles. The highest BCUT2D eigenvalue weighted by molar-refractivity contribution is 7.89. The van der Waals surface area contributed by atoms with E-state index in [0.717, 1.165) is 10.4 Å². The fourth-order valence-corrected chi connectivity index (χ4v) is 3.67. The Labute approximate surface area is 178 Å². The van der Waals surface area contributed by atoms with Crippen LogP contribution in [-0.4, -0.2) is 57.3 Å². The molecule has 0 bridgehead atoms. The lowest BCUT2D eigenvalue weighted by molar-refractivity contribution is -0.385. The number of anilines is 1. The standard InChI is InChI=1S/C19H21N3O8S/c1-12-5-7-14(10-17(12)31(27,28)21(2)3)20-18(23)11-30-19(24)13-6-8-16(29-4)15(9-13)22(25)26/h5-10H,11H2,1-4H3,(H,20,23). The fourth-order valence-electron chi connectivity index (χ4n) is 2.52. The van der Waals surface area contributed by atoms with Gasteiger partial charge in [0.25, 0.3) is 5.91 Å². The van der Waals surface area contributed by atoms with Crippen molar-refractivity contribution in [3.05, 3.63) is 57.6 Å². The van der Waals surface area contributed by atoms with Crippen LogP contribution in [0.1, 0.15) is 15.9 Å². The zero-order chi connectivity index (χ0) is 23.3. The maximum atomic E-state index is 12.4. The van der Waals surface area contributed by atoms with Crippen LogP contribution >= 0.6 is 0 Å². The molecule has 0 aliphatic heterocycles. The molecular weight excluding hydrogens is 430 g/mol. The lowest BCUT2D eigenvalue weighted by Crippen LogP contribution is -2.24. The van der Waals surface area contributed by atoms with Gasteiger partial charge in [0.05, 0.1) is 22.5 Å². The van der Waals surface area contributed by atoms with Crippen molar-refractivity contribution < 1.29 is 32.4 Å². The molecule has 12 heteroatoms. The number of hydrogen-bond donors (Lipinski definition) is 1. The Morgan fingerprint density at radius 1 is 1.16 bits per heavy atom. The number of aryl methyl sites for hydroxylation is 1. The van der Waals surface area contributed by atoms with E-state index in [9.17, 15) is 28.1 Å². The first-order valence-corrected chi connectivity index (χ1v) is 10.2. The quantitative estimate of drug-likeness (QED) is 0.364. The molecule has 0 atom stereocenters. The zero-order valence-electron chi connectivity index (χ0n) is 17.2. The number of ether oxygens (including phenoxy) is 2. The Morgan fingerprint density at radius 3 is 2.42 bits per heavy atom. The predicted molar refractivity (Wildman–Crippen MR) is 111 cm³/mol. The van der Waals surface area contributed by atoms with Crippen molar-refractivity contribution in [2.24, 2.45) is 0 Å². The van der Waals surface area contributed by atoms with Crippen LogP contribution in [-0.2, 0) is 19.6 Å². The molecule has 0 aromatic heterocycles. The van der Waals surface area contributed by atoms with Crippen LogP contribution in [0.15, 0.2) is 41.3 Å². The maximum absolute atomic E-state index is 12.4. The number of benzene rings is 2. The van der Waals surface area contributed by atoms with Crippen molar-refractivity contribution in [2.75, 3.05) is 33.1 Å². The highest BCUT2D eigenvalue weighted by Gasteiger charge is 2.21. The molecular formula is C19H21N3O8S. The molecule has 0 saturated carbocycles. The normalized spacial score (nSPS) is 11.1. The summed E-state index contributed by atoms with van der Waals surface area (Å²) in [5, 5.41) is 13.5. The Bertz CT molecular complexity index is 1130. The van der Waals surface area contributed by atoms with Gasteiger partial charge in [-0.05, 0) is 36.8 Å². The van der Waals surface area contributed by atoms with E-state index in [-0.39, 0.29) is 21.9 Å². The molecule has 0 unspecified atom stereocenters. The van der Waals surface area contributed by atoms with Crippen molar-refractivity contribution in [3.8, 4) is 5.75 Å². The van der Waals surface area contributed by atoms with Crippen LogP contribution in [0.2, 0.25) is 0 Å². The number of hydrogen-bond acceptors (Lipinski definition) is 8. The molecule has 2 rings (SSSR count). The van der Waals surface area contributed by atoms with E-state index in [4.69, 9.17) is 9.47 Å². The molecule has 0 fully saturated rings. The van der Waals surface area contributed by atoms with Gasteiger partial charge in [0.15, 0.2) is 12.4 Å². The largest absolute Gasteiger partial charge is 0.490 e. The maximum Gasteiger partial charge on any atom is 0.338 e. The minimum Gasteiger partial charge on any atom is -0.490 e. The van der Waals surface area contributed by atoms with Crippen LogP contribution in [0.4, 0.5) is 11.4 Å². The highest BCUT2D eigenvalue weighted by Crippen LogP contribution is 2.28. The Kier molecular flexibility index (Phi) is 7.31. The van der Waals surface area contributed by atoms with E-state index in [2.05, 4.69) is 5.32 Å². The van der Waals surface area contributed by atoms with Gasteiger partial charge in [-0.1, -0.05) is 6.07 Å². The number of carbonyl (C=O) groups excluding carboxylic acids is 2. The monoisotopic (exact) mass is 451 g/mol. The molecule has 2 aromatic rings. The van der Waals surface area contributed by atoms with Crippen molar-refractivity contribution in [3.63, 3.8) is 0 Å². The summed E-state index contributed by atoms with van der Waals surface area (Å²) >= 11 is 0. The Balaban J connectivity index is 2.08. The third kappa shape index (κ3) is 5.55. The van der Waals surface area contributed by atoms with E-state index < -0.39 is 39.1 Å². The minimum absolute atomic E-state index is 0.0258. The van der Waals surface area contributed by atoms with Gasteiger partial charge in [0.2, 0.25) is 10.0 Å². The molecule has 0 saturated heterocycles. The molecule has 11 nitrogen and oxygen atoms in total. The molecule has 0 aliphatic rings. The van der Waals surface area contributed by atoms with E-state index in [0.29, 0.717) is 5.56 Å². The molecule has 0 heterocycles. The number of amides is 1. The number of nitrogens with one attached hydrogen (secondary N) is 1. The van der Waals surface area contributed by atoms with E-state index in [1.807, 2.05) is 0 Å². The Morgan fingerprint density at radius 2 is 1.84 bits per heavy atom. The van der Waals surface area contributed by atoms with Crippen molar-refractivity contribution in [1.29, 1.82) is 0 Å². The summed E-state index contributed by atoms with van der Waals surface area (Å²) in [5.41, 5.74) is 0.150. The smallest absolute Gasteiger partial charge is 0.338 e. The lowest BCUT2D eigenvalue weighted by atomic mass is 10.2. The number of carbonyl (C=O) groups is 2. The average molecular weight is 451 g/mol. The molecule has 0 radical (unpaired) electrons. The summed E-state index contributed by atoms with van der Waals surface area (Å²) in [7, 11) is 0.325. The average Bonchev–Trinajstić information content (AvgIpc) is 2.72. The third-order valence-corrected chi connectivity index (χ3v) is 6.13. The molecule has 1 N–H and O–H groups in total. The number of sulfonamides is 1. The summed E-state index contributed by atoms with van der Waals surface area (Å²) in [6.45, 7) is 0.945. The second-order valence-electron chi connectivity index (χ2n) is 6.54. The van der Waals surface area contributed by atoms with Crippen molar-refractivity contribution >= 4 is 33.3 Å². The van der Waals surface area contributed by atoms with E-state index >= 15 is 0 Å². The molecule has 31 heavy (non-hydrogen) atoms. The number of nitrogens with zero attached hydrogens (tertiary/aromatic N) is 2. The Hall–Kier alpha value is -3.51. The number of methoxy groups -OCH3 is 1. The van der Waals surface area contributed by atoms with Gasteiger partial charge in [-0.25, -0.2) is 17.5 Å². The van der Waals surface area contributed by atoms with Gasteiger partial charge in [-0.15, -0.1) is 0 Å². The summed E-state index contributed by atoms with van der Waals surface area (Å²) in [6.07, 6.45) is 0. The number of rotatable bonds is 8. The molecule has 2 aromatic carbocycles. The minimum atomic E-state index is -3.71. The van der Waals surface area contributed by atoms with Crippen LogP contribution < -0.4 is 10.1 Å². The first-order chi connectivity index (χ1) is 14.5. The van der Waals surface area contributed by atoms with E-state index in [1.54, 1.807) is 6.92 Å². The molecule has 1 amide bonds. The second-order valence-corrected chi connectivity index (χ2v) is 8.66. The van der Waals surface area contributed by atoms with Gasteiger partial charge in [-0.2, -0.15) is 0 Å². The summed E-state index contributed by atoms with van der Waals surface area (Å²) < 4.78 is 35.5. The lowest BCUT2D eigenvalue weighted by Gasteiger charge is -2.15. The predicted octanol–water partition coefficient (Wildman–Crippen LogP) is 1.96. The van der Waals surface area contributed by atoms with Gasteiger partial charge in [-0.3, -0.25) is 14.9 Å². The van der Waals surface area contributed by atoms with E-state index in [1.165, 1.54) is 51.5 Å². The SMILES string of the molecule is COc1ccc(C(=O)OCC(=O)Nc2ccc(C)c(S(=O)(=O)N(C)C)c2)cc1[N+](=O)[O-]. The fraction of sp³-hybridized carbons (Fsp3) is 0.263. The van der Waals surface area contributed by atoms with Crippen molar-refractivity contribution in [2.45, 2.75) is 11.8 Å². The topological polar surface area (TPSA) is 145 Å². The van der Waals surface area contributed by atoms with Gasteiger partial charge < -0.3 is 14.8 Å². The summed E-state index contributed by atoms with van der Waals surface area (Å²) in [5.74, 6) is -1.68. The number of nitro groups is 1. The van der Waals surface area contributed by atoms with Gasteiger partial charge >= 0.3 is 11.7 Å². The van der Waals surface area contributed by atoms with Gasteiger partial charge in [0, 0.05) is 25.8 Å². The summed E-state index contributed by atoms with van der Waals surface area (Å²) in [6, 6.07) is 7.85. The molecule has 0 spiro atoms. The third-order valence-electron chi connectivity index (χ3n) is 4.18. The van der Waals surface area contributed by atoms with Crippen LogP contribution in [0.5, 0.6) is 5.75 Å².